The molecule has 2 aromatic rings. The molecule has 0 bridgehead atoms. The quantitative estimate of drug-likeness (QED) is 0.876. The zero-order valence-electron chi connectivity index (χ0n) is 8.43. The Hall–Kier alpha value is -1.01. The van der Waals surface area contributed by atoms with Crippen LogP contribution in [0.1, 0.15) is 10.4 Å². The summed E-state index contributed by atoms with van der Waals surface area (Å²) in [4.78, 5) is 14.8. The highest BCUT2D eigenvalue weighted by atomic mass is 35.6. The second-order valence-corrected chi connectivity index (χ2v) is 3.21. The van der Waals surface area contributed by atoms with Crippen molar-refractivity contribution in [3.05, 3.63) is 42.1 Å². The molecule has 92 valence electrons. The predicted molar refractivity (Wildman–Crippen MR) is 71.9 cm³/mol. The Morgan fingerprint density at radius 3 is 2.41 bits per heavy atom. The van der Waals surface area contributed by atoms with Crippen molar-refractivity contribution in [1.29, 1.82) is 0 Å². The van der Waals surface area contributed by atoms with Gasteiger partial charge in [0.2, 0.25) is 0 Å². The first kappa shape index (κ1) is 16.0. The molecule has 0 saturated heterocycles. The van der Waals surface area contributed by atoms with Crippen LogP contribution in [0.4, 0.5) is 0 Å². The molecule has 0 amide bonds. The van der Waals surface area contributed by atoms with Crippen LogP contribution in [0.2, 0.25) is 0 Å². The van der Waals surface area contributed by atoms with Gasteiger partial charge in [-0.25, -0.2) is 4.79 Å². The summed E-state index contributed by atoms with van der Waals surface area (Å²) in [6, 6.07) is 8.69. The fraction of sp³-hybridized carbons (Fsp3) is 0. The van der Waals surface area contributed by atoms with E-state index in [9.17, 15) is 4.79 Å². The molecule has 17 heavy (non-hydrogen) atoms. The number of aromatic carboxylic acids is 1. The molecule has 0 saturated carbocycles. The third-order valence-corrected chi connectivity index (χ3v) is 1.88. The van der Waals surface area contributed by atoms with Gasteiger partial charge < -0.3 is 5.11 Å². The number of carboxylic acid groups (broad SMARTS) is 1. The zero-order chi connectivity index (χ0) is 12.0. The number of nitrogens with zero attached hydrogens (tertiary/aromatic N) is 1. The number of pyridine rings is 1. The number of rotatable bonds is 1. The first-order chi connectivity index (χ1) is 7.70. The minimum Gasteiger partial charge on any atom is -0.478 e. The number of carboxylic acids is 1. The van der Waals surface area contributed by atoms with Gasteiger partial charge in [-0.2, -0.15) is 17.3 Å². The summed E-state index contributed by atoms with van der Waals surface area (Å²) >= 11 is 8.53. The largest absolute Gasteiger partial charge is 0.478 e. The van der Waals surface area contributed by atoms with E-state index in [4.69, 9.17) is 5.11 Å². The monoisotopic (exact) mass is 293 g/mol. The minimum absolute atomic E-state index is 0. The van der Waals surface area contributed by atoms with Crippen LogP contribution >= 0.6 is 37.2 Å². The van der Waals surface area contributed by atoms with Crippen LogP contribution in [0.15, 0.2) is 36.5 Å². The van der Waals surface area contributed by atoms with Crippen molar-refractivity contribution in [1.82, 2.24) is 4.98 Å². The van der Waals surface area contributed by atoms with Crippen LogP contribution in [0.5, 0.6) is 0 Å². The lowest BCUT2D eigenvalue weighted by atomic mass is 10.1. The molecule has 1 N–H and O–H groups in total. The fourth-order valence-electron chi connectivity index (χ4n) is 1.28. The molecule has 0 radical (unpaired) electrons. The van der Waals surface area contributed by atoms with Gasteiger partial charge >= 0.3 is 5.97 Å². The van der Waals surface area contributed by atoms with E-state index in [0.29, 0.717) is 16.5 Å². The van der Waals surface area contributed by atoms with Crippen molar-refractivity contribution in [3.8, 4) is 0 Å². The number of benzene rings is 1. The number of halogens is 2. The molecular weight excluding hydrogens is 285 g/mol. The third kappa shape index (κ3) is 4.40. The van der Waals surface area contributed by atoms with E-state index in [0.717, 1.165) is 0 Å². The summed E-state index contributed by atoms with van der Waals surface area (Å²) in [5.74, 6) is -0.918. The van der Waals surface area contributed by atoms with E-state index in [1.54, 1.807) is 18.2 Å². The Bertz CT molecular complexity index is 490. The Balaban J connectivity index is 0.000000583. The van der Waals surface area contributed by atoms with Crippen LogP contribution in [0, 0.1) is 0 Å². The van der Waals surface area contributed by atoms with Crippen molar-refractivity contribution in [2.75, 3.05) is 0 Å². The molecule has 4 nitrogen and oxygen atoms in total. The maximum Gasteiger partial charge on any atom is 0.336 e. The molecule has 0 aliphatic heterocycles. The zero-order valence-corrected chi connectivity index (χ0v) is 10.9. The summed E-state index contributed by atoms with van der Waals surface area (Å²) in [7, 11) is 0. The molecule has 1 aromatic heterocycles. The maximum absolute atomic E-state index is 10.8. The van der Waals surface area contributed by atoms with Crippen molar-refractivity contribution >= 4 is 54.1 Å². The van der Waals surface area contributed by atoms with Crippen LogP contribution in [-0.4, -0.2) is 16.1 Å². The lowest BCUT2D eigenvalue weighted by Crippen LogP contribution is -1.97. The van der Waals surface area contributed by atoms with Gasteiger partial charge in [0.15, 0.2) is 0 Å². The average molecular weight is 294 g/mol. The van der Waals surface area contributed by atoms with E-state index in [-0.39, 0.29) is 13.5 Å². The number of aromatic nitrogens is 1. The van der Waals surface area contributed by atoms with E-state index in [2.05, 4.69) is 32.6 Å². The summed E-state index contributed by atoms with van der Waals surface area (Å²) in [5, 5.41) is 9.53. The highest BCUT2D eigenvalue weighted by molar-refractivity contribution is 7.59. The summed E-state index contributed by atoms with van der Waals surface area (Å²) in [6.45, 7) is 0. The summed E-state index contributed by atoms with van der Waals surface area (Å²) < 4.78 is 3.19. The first-order valence-electron chi connectivity index (χ1n) is 4.17. The number of hydrogen-bond acceptors (Lipinski definition) is 3. The van der Waals surface area contributed by atoms with Gasteiger partial charge in [0.25, 0.3) is 0 Å². The second kappa shape index (κ2) is 8.14. The van der Waals surface area contributed by atoms with E-state index < -0.39 is 5.97 Å². The highest BCUT2D eigenvalue weighted by Gasteiger charge is 2.06. The Morgan fingerprint density at radius 1 is 1.24 bits per heavy atom. The summed E-state index contributed by atoms with van der Waals surface area (Å²) in [5.41, 5.74) is 1.01. The normalized spacial score (nSPS) is 8.82. The van der Waals surface area contributed by atoms with Crippen LogP contribution in [0.3, 0.4) is 0 Å². The molecule has 7 heteroatoms. The lowest BCUT2D eigenvalue weighted by molar-refractivity contribution is 0.0699. The topological polar surface area (TPSA) is 59.4 Å². The number of fused-ring (bicyclic) bond motifs is 1. The molecule has 1 heterocycles. The molecule has 2 rings (SSSR count). The second-order valence-electron chi connectivity index (χ2n) is 2.74. The van der Waals surface area contributed by atoms with Crippen LogP contribution < -0.4 is 0 Å². The number of hydrogen-bond donors (Lipinski definition) is 1. The Morgan fingerprint density at radius 2 is 1.82 bits per heavy atom. The molecule has 0 spiro atoms. The fourth-order valence-corrected chi connectivity index (χ4v) is 1.28. The lowest BCUT2D eigenvalue weighted by Gasteiger charge is -1.99. The van der Waals surface area contributed by atoms with Crippen LogP contribution in [-0.2, 0) is 3.84 Å². The van der Waals surface area contributed by atoms with Crippen molar-refractivity contribution in [2.24, 2.45) is 0 Å². The minimum atomic E-state index is -0.918. The molecule has 1 aromatic carbocycles. The van der Waals surface area contributed by atoms with Crippen molar-refractivity contribution < 1.29 is 13.7 Å². The maximum atomic E-state index is 10.8. The molecule has 0 aliphatic carbocycles. The molecule has 0 fully saturated rings. The molecule has 0 atom stereocenters. The third-order valence-electron chi connectivity index (χ3n) is 1.88. The SMILES string of the molecule is ClOCl.O=C(O)c1ccnc2ccccc12.S. The van der Waals surface area contributed by atoms with Gasteiger partial charge in [0.1, 0.15) is 0 Å². The van der Waals surface area contributed by atoms with Gasteiger partial charge in [0.05, 0.1) is 34.8 Å². The van der Waals surface area contributed by atoms with E-state index >= 15 is 0 Å². The predicted octanol–water partition coefficient (Wildman–Crippen LogP) is 3.36. The highest BCUT2D eigenvalue weighted by Crippen LogP contribution is 2.15. The van der Waals surface area contributed by atoms with E-state index in [1.165, 1.54) is 12.3 Å². The molecular formula is C10H9Cl2NO3S. The van der Waals surface area contributed by atoms with Crippen molar-refractivity contribution in [3.63, 3.8) is 0 Å². The molecule has 0 unspecified atom stereocenters. The van der Waals surface area contributed by atoms with Gasteiger partial charge in [-0.1, -0.05) is 18.2 Å². The van der Waals surface area contributed by atoms with Gasteiger partial charge in [0, 0.05) is 11.6 Å². The van der Waals surface area contributed by atoms with Crippen LogP contribution in [0.25, 0.3) is 10.9 Å². The van der Waals surface area contributed by atoms with Gasteiger partial charge in [-0.15, -0.1) is 0 Å². The van der Waals surface area contributed by atoms with Gasteiger partial charge in [-0.05, 0) is 12.1 Å². The Labute approximate surface area is 115 Å². The standard InChI is InChI=1S/C10H7NO2.Cl2O.H2S/c12-10(13)8-5-6-11-9-4-2-1-3-7(8)9;1-3-2;/h1-6H,(H,12,13);;1H2. The smallest absolute Gasteiger partial charge is 0.336 e. The van der Waals surface area contributed by atoms with Crippen molar-refractivity contribution in [2.45, 2.75) is 0 Å². The summed E-state index contributed by atoms with van der Waals surface area (Å²) in [6.07, 6.45) is 1.51. The van der Waals surface area contributed by atoms with E-state index in [1.807, 2.05) is 6.07 Å². The molecule has 0 aliphatic rings. The first-order valence-corrected chi connectivity index (χ1v) is 4.78. The average Bonchev–Trinajstić information content (AvgIpc) is 2.29. The number of carbonyl (C=O) groups is 1. The Kier molecular flexibility index (Phi) is 7.65. The number of para-hydroxylation sites is 1. The van der Waals surface area contributed by atoms with Gasteiger partial charge in [-0.3, -0.25) is 4.98 Å².